The average molecular weight is 267 g/mol. The molecule has 0 aromatic carbocycles. The molecule has 2 rings (SSSR count). The lowest BCUT2D eigenvalue weighted by molar-refractivity contribution is -0.160. The van der Waals surface area contributed by atoms with Gasteiger partial charge in [-0.2, -0.15) is 11.3 Å². The Labute approximate surface area is 111 Å². The SMILES string of the molecule is COC(=O)C(=O)N1CC(C)CCC1c1ccsc1. The maximum Gasteiger partial charge on any atom is 0.396 e. The Bertz CT molecular complexity index is 429. The van der Waals surface area contributed by atoms with Crippen LogP contribution in [0.1, 0.15) is 31.4 Å². The highest BCUT2D eigenvalue weighted by Gasteiger charge is 2.34. The van der Waals surface area contributed by atoms with E-state index >= 15 is 0 Å². The molecule has 1 saturated heterocycles. The molecule has 18 heavy (non-hydrogen) atoms. The van der Waals surface area contributed by atoms with Crippen LogP contribution in [-0.4, -0.2) is 30.4 Å². The number of esters is 1. The van der Waals surface area contributed by atoms with E-state index in [4.69, 9.17) is 0 Å². The van der Waals surface area contributed by atoms with Gasteiger partial charge in [-0.1, -0.05) is 6.92 Å². The van der Waals surface area contributed by atoms with Crippen molar-refractivity contribution in [1.29, 1.82) is 0 Å². The van der Waals surface area contributed by atoms with Gasteiger partial charge in [-0.25, -0.2) is 4.79 Å². The number of carbonyl (C=O) groups excluding carboxylic acids is 2. The Morgan fingerprint density at radius 3 is 2.83 bits per heavy atom. The van der Waals surface area contributed by atoms with Crippen molar-refractivity contribution in [2.24, 2.45) is 5.92 Å². The summed E-state index contributed by atoms with van der Waals surface area (Å²) in [4.78, 5) is 25.1. The van der Waals surface area contributed by atoms with E-state index in [0.717, 1.165) is 18.4 Å². The fourth-order valence-corrected chi connectivity index (χ4v) is 3.10. The first-order valence-corrected chi connectivity index (χ1v) is 6.98. The minimum Gasteiger partial charge on any atom is -0.462 e. The van der Waals surface area contributed by atoms with Crippen molar-refractivity contribution in [2.45, 2.75) is 25.8 Å². The van der Waals surface area contributed by atoms with Crippen molar-refractivity contribution >= 4 is 23.2 Å². The highest BCUT2D eigenvalue weighted by molar-refractivity contribution is 7.08. The molecule has 1 aromatic heterocycles. The molecule has 1 fully saturated rings. The number of hydrogen-bond donors (Lipinski definition) is 0. The first kappa shape index (κ1) is 13.1. The standard InChI is InChI=1S/C13H17NO3S/c1-9-3-4-11(10-5-6-18-8-10)14(7-9)12(15)13(16)17-2/h5-6,8-9,11H,3-4,7H2,1-2H3. The number of ether oxygens (including phenoxy) is 1. The van der Waals surface area contributed by atoms with Gasteiger partial charge in [0.25, 0.3) is 0 Å². The fraction of sp³-hybridized carbons (Fsp3) is 0.538. The topological polar surface area (TPSA) is 46.6 Å². The summed E-state index contributed by atoms with van der Waals surface area (Å²) in [6.45, 7) is 2.72. The molecule has 0 spiro atoms. The number of likely N-dealkylation sites (tertiary alicyclic amines) is 1. The molecule has 1 amide bonds. The summed E-state index contributed by atoms with van der Waals surface area (Å²) in [6, 6.07) is 2.03. The molecule has 1 aliphatic rings. The molecule has 2 atom stereocenters. The molecular formula is C13H17NO3S. The smallest absolute Gasteiger partial charge is 0.396 e. The van der Waals surface area contributed by atoms with E-state index in [1.807, 2.05) is 16.8 Å². The maximum absolute atomic E-state index is 12.0. The van der Waals surface area contributed by atoms with Gasteiger partial charge in [-0.3, -0.25) is 4.79 Å². The van der Waals surface area contributed by atoms with E-state index in [0.29, 0.717) is 12.5 Å². The highest BCUT2D eigenvalue weighted by Crippen LogP contribution is 2.34. The van der Waals surface area contributed by atoms with Gasteiger partial charge in [0.2, 0.25) is 0 Å². The second-order valence-electron chi connectivity index (χ2n) is 4.70. The van der Waals surface area contributed by atoms with E-state index in [9.17, 15) is 9.59 Å². The monoisotopic (exact) mass is 267 g/mol. The molecule has 0 bridgehead atoms. The number of methoxy groups -OCH3 is 1. The molecular weight excluding hydrogens is 250 g/mol. The Morgan fingerprint density at radius 2 is 2.22 bits per heavy atom. The van der Waals surface area contributed by atoms with Gasteiger partial charge >= 0.3 is 11.9 Å². The van der Waals surface area contributed by atoms with Gasteiger partial charge in [0.15, 0.2) is 0 Å². The number of rotatable bonds is 1. The van der Waals surface area contributed by atoms with Crippen molar-refractivity contribution in [3.63, 3.8) is 0 Å². The second kappa shape index (κ2) is 5.52. The zero-order valence-electron chi connectivity index (χ0n) is 10.6. The average Bonchev–Trinajstić information content (AvgIpc) is 2.90. The maximum atomic E-state index is 12.0. The summed E-state index contributed by atoms with van der Waals surface area (Å²) < 4.78 is 4.54. The van der Waals surface area contributed by atoms with Crippen LogP contribution in [0, 0.1) is 5.92 Å². The zero-order valence-corrected chi connectivity index (χ0v) is 11.4. The van der Waals surface area contributed by atoms with Crippen LogP contribution in [0.4, 0.5) is 0 Å². The minimum atomic E-state index is -0.774. The van der Waals surface area contributed by atoms with E-state index in [1.165, 1.54) is 7.11 Å². The van der Waals surface area contributed by atoms with Crippen LogP contribution < -0.4 is 0 Å². The third-order valence-electron chi connectivity index (χ3n) is 3.37. The first-order chi connectivity index (χ1) is 8.63. The van der Waals surface area contributed by atoms with Crippen LogP contribution in [0.3, 0.4) is 0 Å². The van der Waals surface area contributed by atoms with Gasteiger partial charge in [0.05, 0.1) is 13.2 Å². The van der Waals surface area contributed by atoms with Crippen LogP contribution >= 0.6 is 11.3 Å². The van der Waals surface area contributed by atoms with Crippen LogP contribution in [0.5, 0.6) is 0 Å². The van der Waals surface area contributed by atoms with Crippen molar-refractivity contribution < 1.29 is 14.3 Å². The number of carbonyl (C=O) groups is 2. The lowest BCUT2D eigenvalue weighted by Crippen LogP contribution is -2.45. The predicted molar refractivity (Wildman–Crippen MR) is 69.2 cm³/mol. The van der Waals surface area contributed by atoms with Gasteiger partial charge in [-0.15, -0.1) is 0 Å². The van der Waals surface area contributed by atoms with Crippen molar-refractivity contribution in [1.82, 2.24) is 4.90 Å². The molecule has 1 aliphatic heterocycles. The summed E-state index contributed by atoms with van der Waals surface area (Å²) in [6.07, 6.45) is 1.98. The number of hydrogen-bond acceptors (Lipinski definition) is 4. The van der Waals surface area contributed by atoms with Gasteiger partial charge in [0.1, 0.15) is 0 Å². The molecule has 98 valence electrons. The summed E-state index contributed by atoms with van der Waals surface area (Å²) in [5.74, 6) is -0.877. The van der Waals surface area contributed by atoms with E-state index < -0.39 is 11.9 Å². The molecule has 5 heteroatoms. The molecule has 0 saturated carbocycles. The first-order valence-electron chi connectivity index (χ1n) is 6.04. The largest absolute Gasteiger partial charge is 0.462 e. The van der Waals surface area contributed by atoms with Crippen molar-refractivity contribution in [3.05, 3.63) is 22.4 Å². The quantitative estimate of drug-likeness (QED) is 0.579. The Hall–Kier alpha value is -1.36. The highest BCUT2D eigenvalue weighted by atomic mass is 32.1. The molecule has 0 aliphatic carbocycles. The van der Waals surface area contributed by atoms with Gasteiger partial charge < -0.3 is 9.64 Å². The number of thiophene rings is 1. The molecule has 1 aromatic rings. The molecule has 4 nitrogen and oxygen atoms in total. The van der Waals surface area contributed by atoms with E-state index in [-0.39, 0.29) is 6.04 Å². The molecule has 0 radical (unpaired) electrons. The normalized spacial score (nSPS) is 23.8. The minimum absolute atomic E-state index is 0.0130. The molecule has 2 heterocycles. The van der Waals surface area contributed by atoms with Gasteiger partial charge in [0, 0.05) is 6.54 Å². The lowest BCUT2D eigenvalue weighted by Gasteiger charge is -2.37. The third-order valence-corrected chi connectivity index (χ3v) is 4.07. The number of piperidine rings is 1. The number of nitrogens with zero attached hydrogens (tertiary/aromatic N) is 1. The van der Waals surface area contributed by atoms with Crippen molar-refractivity contribution in [3.8, 4) is 0 Å². The van der Waals surface area contributed by atoms with Crippen LogP contribution in [0.15, 0.2) is 16.8 Å². The molecule has 0 N–H and O–H groups in total. The Kier molecular flexibility index (Phi) is 4.01. The Morgan fingerprint density at radius 1 is 1.44 bits per heavy atom. The van der Waals surface area contributed by atoms with E-state index in [1.54, 1.807) is 16.2 Å². The Balaban J connectivity index is 2.21. The lowest BCUT2D eigenvalue weighted by atomic mass is 9.91. The van der Waals surface area contributed by atoms with E-state index in [2.05, 4.69) is 11.7 Å². The predicted octanol–water partition coefficient (Wildman–Crippen LogP) is 2.22. The van der Waals surface area contributed by atoms with Crippen LogP contribution in [0.25, 0.3) is 0 Å². The summed E-state index contributed by atoms with van der Waals surface area (Å²) in [7, 11) is 1.24. The number of amides is 1. The second-order valence-corrected chi connectivity index (χ2v) is 5.48. The fourth-order valence-electron chi connectivity index (χ4n) is 2.39. The summed E-state index contributed by atoms with van der Waals surface area (Å²) >= 11 is 1.61. The van der Waals surface area contributed by atoms with Crippen molar-refractivity contribution in [2.75, 3.05) is 13.7 Å². The third kappa shape index (κ3) is 2.56. The van der Waals surface area contributed by atoms with Crippen LogP contribution in [0.2, 0.25) is 0 Å². The summed E-state index contributed by atoms with van der Waals surface area (Å²) in [5, 5.41) is 4.03. The summed E-state index contributed by atoms with van der Waals surface area (Å²) in [5.41, 5.74) is 1.11. The molecule has 2 unspecified atom stereocenters. The van der Waals surface area contributed by atoms with Crippen LogP contribution in [-0.2, 0) is 14.3 Å². The van der Waals surface area contributed by atoms with Gasteiger partial charge in [-0.05, 0) is 41.1 Å². The zero-order chi connectivity index (χ0) is 13.1.